The van der Waals surface area contributed by atoms with Gasteiger partial charge in [-0.05, 0) is 26.8 Å². The van der Waals surface area contributed by atoms with Gasteiger partial charge in [0.25, 0.3) is 5.91 Å². The molecule has 4 aromatic heterocycles. The van der Waals surface area contributed by atoms with Crippen LogP contribution in [0.25, 0.3) is 16.6 Å². The van der Waals surface area contributed by atoms with Crippen molar-refractivity contribution in [3.63, 3.8) is 0 Å². The molecule has 10 heteroatoms. The minimum absolute atomic E-state index is 0.192. The number of aromatic nitrogens is 4. The molecule has 2 N–H and O–H groups in total. The number of nitrogens with zero attached hydrogens (tertiary/aromatic N) is 6. The number of imidazole rings is 1. The summed E-state index contributed by atoms with van der Waals surface area (Å²) in [6.45, 7) is 7.44. The predicted octanol–water partition coefficient (Wildman–Crippen LogP) is 3.04. The lowest BCUT2D eigenvalue weighted by Gasteiger charge is -2.37. The van der Waals surface area contributed by atoms with Crippen molar-refractivity contribution >= 4 is 34.0 Å². The van der Waals surface area contributed by atoms with E-state index >= 15 is 0 Å². The second kappa shape index (κ2) is 8.35. The number of aryl methyl sites for hydroxylation is 1. The van der Waals surface area contributed by atoms with Crippen molar-refractivity contribution in [3.8, 4) is 6.07 Å². The van der Waals surface area contributed by atoms with Crippen LogP contribution in [0.3, 0.4) is 0 Å². The summed E-state index contributed by atoms with van der Waals surface area (Å²) in [6, 6.07) is 5.56. The smallest absolute Gasteiger partial charge is 0.259 e. The van der Waals surface area contributed by atoms with Gasteiger partial charge in [-0.2, -0.15) is 5.26 Å². The number of hydrogen-bond donors (Lipinski definition) is 2. The van der Waals surface area contributed by atoms with Crippen molar-refractivity contribution in [2.75, 3.05) is 23.3 Å². The van der Waals surface area contributed by atoms with E-state index in [-0.39, 0.29) is 29.0 Å². The van der Waals surface area contributed by atoms with Crippen molar-refractivity contribution in [3.05, 3.63) is 59.6 Å². The molecule has 0 aromatic carbocycles. The number of pyridine rings is 3. The Morgan fingerprint density at radius 2 is 1.97 bits per heavy atom. The summed E-state index contributed by atoms with van der Waals surface area (Å²) in [5.74, 6) is -0.334. The Hall–Kier alpha value is -4.10. The molecule has 0 saturated carbocycles. The average molecular weight is 459 g/mol. The summed E-state index contributed by atoms with van der Waals surface area (Å²) in [7, 11) is 0. The largest absolute Gasteiger partial charge is 0.353 e. The Balaban J connectivity index is 1.55. The third-order valence-corrected chi connectivity index (χ3v) is 5.82. The number of rotatable bonds is 3. The quantitative estimate of drug-likeness (QED) is 0.485. The minimum atomic E-state index is -0.539. The normalized spacial score (nSPS) is 18.3. The van der Waals surface area contributed by atoms with Crippen LogP contribution in [0.15, 0.2) is 36.9 Å². The fourth-order valence-electron chi connectivity index (χ4n) is 4.53. The van der Waals surface area contributed by atoms with Gasteiger partial charge in [-0.25, -0.2) is 14.4 Å². The first-order valence-electron chi connectivity index (χ1n) is 11.0. The molecule has 0 radical (unpaired) electrons. The average Bonchev–Trinajstić information content (AvgIpc) is 3.18. The number of hydrogen-bond acceptors (Lipinski definition) is 7. The molecule has 1 aliphatic rings. The van der Waals surface area contributed by atoms with E-state index in [2.05, 4.69) is 50.4 Å². The molecule has 0 spiro atoms. The number of nitrogens with one attached hydrogen (secondary N) is 2. The van der Waals surface area contributed by atoms with Crippen LogP contribution in [0.1, 0.15) is 35.5 Å². The van der Waals surface area contributed by atoms with E-state index in [1.807, 2.05) is 0 Å². The highest BCUT2D eigenvalue weighted by molar-refractivity contribution is 6.13. The molecule has 0 aliphatic carbocycles. The number of nitriles is 1. The van der Waals surface area contributed by atoms with Gasteiger partial charge in [0, 0.05) is 61.4 Å². The van der Waals surface area contributed by atoms with Gasteiger partial charge in [-0.1, -0.05) is 0 Å². The number of piperazine rings is 1. The van der Waals surface area contributed by atoms with Crippen LogP contribution in [-0.4, -0.2) is 50.4 Å². The van der Waals surface area contributed by atoms with E-state index in [9.17, 15) is 14.4 Å². The van der Waals surface area contributed by atoms with Crippen LogP contribution in [0, 0.1) is 24.1 Å². The zero-order valence-electron chi connectivity index (χ0n) is 19.0. The van der Waals surface area contributed by atoms with Gasteiger partial charge in [0.2, 0.25) is 0 Å². The second-order valence-corrected chi connectivity index (χ2v) is 8.75. The zero-order valence-corrected chi connectivity index (χ0v) is 19.0. The molecule has 0 bridgehead atoms. The van der Waals surface area contributed by atoms with Gasteiger partial charge in [0.1, 0.15) is 11.9 Å². The topological polar surface area (TPSA) is 111 Å². The van der Waals surface area contributed by atoms with Crippen LogP contribution in [0.2, 0.25) is 0 Å². The number of carbonyl (C=O) groups excluding carboxylic acids is 1. The lowest BCUT2D eigenvalue weighted by molar-refractivity contribution is 0.102. The first-order valence-corrected chi connectivity index (χ1v) is 11.0. The lowest BCUT2D eigenvalue weighted by atomic mass is 10.1. The summed E-state index contributed by atoms with van der Waals surface area (Å²) in [5.41, 5.74) is 2.19. The number of anilines is 2. The zero-order chi connectivity index (χ0) is 24.0. The Morgan fingerprint density at radius 1 is 1.21 bits per heavy atom. The molecule has 4 aromatic rings. The van der Waals surface area contributed by atoms with E-state index in [0.29, 0.717) is 28.0 Å². The van der Waals surface area contributed by atoms with Crippen molar-refractivity contribution in [1.82, 2.24) is 24.7 Å². The van der Waals surface area contributed by atoms with E-state index < -0.39 is 11.7 Å². The highest BCUT2D eigenvalue weighted by Gasteiger charge is 2.25. The lowest BCUT2D eigenvalue weighted by Crippen LogP contribution is -2.54. The Labute approximate surface area is 195 Å². The van der Waals surface area contributed by atoms with E-state index in [1.54, 1.807) is 25.4 Å². The Kier molecular flexibility index (Phi) is 5.34. The van der Waals surface area contributed by atoms with Crippen LogP contribution in [0.4, 0.5) is 15.9 Å². The van der Waals surface area contributed by atoms with E-state index in [4.69, 9.17) is 0 Å². The molecule has 5 rings (SSSR count). The van der Waals surface area contributed by atoms with Crippen LogP contribution in [0.5, 0.6) is 0 Å². The highest BCUT2D eigenvalue weighted by atomic mass is 19.1. The Bertz CT molecular complexity index is 1460. The van der Waals surface area contributed by atoms with Gasteiger partial charge in [0.15, 0.2) is 11.5 Å². The van der Waals surface area contributed by atoms with Crippen molar-refractivity contribution in [2.24, 2.45) is 0 Å². The molecule has 1 amide bonds. The number of fused-ring (bicyclic) bond motifs is 2. The predicted molar refractivity (Wildman–Crippen MR) is 126 cm³/mol. The van der Waals surface area contributed by atoms with Gasteiger partial charge < -0.3 is 19.9 Å². The SMILES string of the molecule is Cc1cn2cc(NC(=O)c3cnc(N4CC(C)NC(C)C4)c4cc(C#N)cnc34)cc(F)c2n1. The summed E-state index contributed by atoms with van der Waals surface area (Å²) in [6.07, 6.45) is 6.21. The third-order valence-electron chi connectivity index (χ3n) is 5.82. The molecule has 2 atom stereocenters. The fraction of sp³-hybridized carbons (Fsp3) is 0.292. The maximum atomic E-state index is 14.5. The van der Waals surface area contributed by atoms with Gasteiger partial charge >= 0.3 is 0 Å². The van der Waals surface area contributed by atoms with Crippen LogP contribution < -0.4 is 15.5 Å². The Morgan fingerprint density at radius 3 is 2.71 bits per heavy atom. The van der Waals surface area contributed by atoms with Crippen molar-refractivity contribution in [2.45, 2.75) is 32.9 Å². The molecule has 2 unspecified atom stereocenters. The summed E-state index contributed by atoms with van der Waals surface area (Å²) in [5, 5.41) is 16.3. The monoisotopic (exact) mass is 458 g/mol. The molecule has 5 heterocycles. The standard InChI is InChI=1S/C24H23FN8O/c1-13-9-32(10-14(2)29-13)22-18-4-16(6-26)7-27-21(18)19(8-28-22)24(34)31-17-5-20(25)23-30-15(3)11-33(23)12-17/h4-5,7-8,11-14,29H,9-10H2,1-3H3,(H,31,34). The third kappa shape index (κ3) is 3.91. The molecule has 1 aliphatic heterocycles. The second-order valence-electron chi connectivity index (χ2n) is 8.75. The van der Waals surface area contributed by atoms with Crippen molar-refractivity contribution < 1.29 is 9.18 Å². The van der Waals surface area contributed by atoms with Gasteiger partial charge in [-0.3, -0.25) is 9.78 Å². The number of carbonyl (C=O) groups is 1. The maximum Gasteiger partial charge on any atom is 0.259 e. The van der Waals surface area contributed by atoms with Gasteiger partial charge in [-0.15, -0.1) is 0 Å². The fourth-order valence-corrected chi connectivity index (χ4v) is 4.53. The molecular formula is C24H23FN8O. The number of amides is 1. The summed E-state index contributed by atoms with van der Waals surface area (Å²) >= 11 is 0. The maximum absolute atomic E-state index is 14.5. The molecule has 1 saturated heterocycles. The van der Waals surface area contributed by atoms with E-state index in [1.165, 1.54) is 22.9 Å². The molecule has 34 heavy (non-hydrogen) atoms. The van der Waals surface area contributed by atoms with E-state index in [0.717, 1.165) is 13.1 Å². The first kappa shape index (κ1) is 21.7. The minimum Gasteiger partial charge on any atom is -0.353 e. The van der Waals surface area contributed by atoms with Crippen molar-refractivity contribution in [1.29, 1.82) is 5.26 Å². The molecule has 9 nitrogen and oxygen atoms in total. The van der Waals surface area contributed by atoms with Crippen LogP contribution in [-0.2, 0) is 0 Å². The summed E-state index contributed by atoms with van der Waals surface area (Å²) in [4.78, 5) is 28.5. The number of halogens is 1. The first-order chi connectivity index (χ1) is 16.3. The molecule has 1 fully saturated rings. The van der Waals surface area contributed by atoms with Crippen LogP contribution >= 0.6 is 0 Å². The molecule has 172 valence electrons. The highest BCUT2D eigenvalue weighted by Crippen LogP contribution is 2.29. The van der Waals surface area contributed by atoms with Gasteiger partial charge in [0.05, 0.1) is 28.0 Å². The molecular weight excluding hydrogens is 435 g/mol. The summed E-state index contributed by atoms with van der Waals surface area (Å²) < 4.78 is 16.0.